The Bertz CT molecular complexity index is 1440. The molecule has 1 saturated heterocycles. The number of hydrogen-bond acceptors (Lipinski definition) is 6. The summed E-state index contributed by atoms with van der Waals surface area (Å²) in [5.74, 6) is -1.31. The summed E-state index contributed by atoms with van der Waals surface area (Å²) in [4.78, 5) is 32.0. The van der Waals surface area contributed by atoms with Crippen molar-refractivity contribution in [2.45, 2.75) is 32.0 Å². The Hall–Kier alpha value is -4.15. The first-order valence-corrected chi connectivity index (χ1v) is 11.5. The fraction of sp³-hybridized carbons (Fsp3) is 0.320. The van der Waals surface area contributed by atoms with Crippen LogP contribution in [0.3, 0.4) is 0 Å². The van der Waals surface area contributed by atoms with Crippen LogP contribution in [0, 0.1) is 5.82 Å². The third-order valence-corrected chi connectivity index (χ3v) is 6.34. The van der Waals surface area contributed by atoms with E-state index in [9.17, 15) is 18.4 Å². The number of alkyl halides is 1. The Kier molecular flexibility index (Phi) is 6.21. The number of hydrogen-bond donors (Lipinski definition) is 0. The SMILES string of the molecule is CCC(C(=O)c1cnn2cccnc12)c1cn(CC(=O)N2CC(F)C2)nc1-c1cc(F)ccc1OC. The maximum atomic E-state index is 14.3. The number of ketones is 1. The molecule has 4 aromatic rings. The van der Waals surface area contributed by atoms with E-state index in [4.69, 9.17) is 4.74 Å². The number of carbonyl (C=O) groups excluding carboxylic acids is 2. The number of nitrogens with zero attached hydrogens (tertiary/aromatic N) is 6. The zero-order valence-corrected chi connectivity index (χ0v) is 19.8. The standard InChI is InChI=1S/C25H24F2N6O3/c1-3-17(24(35)19-10-29-33-8-4-7-28-25(19)33)20-13-32(14-22(34)31-11-16(27)12-31)30-23(20)18-9-15(26)5-6-21(18)36-2/h4-10,13,16-17H,3,11-12,14H2,1-2H3. The Labute approximate surface area is 205 Å². The van der Waals surface area contributed by atoms with Gasteiger partial charge in [-0.2, -0.15) is 10.2 Å². The molecule has 1 amide bonds. The number of benzene rings is 1. The summed E-state index contributed by atoms with van der Waals surface area (Å²) in [6.45, 7) is 1.82. The van der Waals surface area contributed by atoms with E-state index in [1.165, 1.54) is 45.6 Å². The molecule has 0 bridgehead atoms. The number of fused-ring (bicyclic) bond motifs is 1. The van der Waals surface area contributed by atoms with Gasteiger partial charge in [0.1, 0.15) is 30.0 Å². The second kappa shape index (κ2) is 9.48. The minimum absolute atomic E-state index is 0.0509. The summed E-state index contributed by atoms with van der Waals surface area (Å²) in [7, 11) is 1.46. The van der Waals surface area contributed by atoms with Gasteiger partial charge in [0.05, 0.1) is 37.9 Å². The molecule has 0 spiro atoms. The van der Waals surface area contributed by atoms with Crippen LogP contribution in [0.2, 0.25) is 0 Å². The van der Waals surface area contributed by atoms with Crippen LogP contribution in [0.5, 0.6) is 5.75 Å². The fourth-order valence-electron chi connectivity index (χ4n) is 4.45. The molecule has 4 heterocycles. The molecular weight excluding hydrogens is 470 g/mol. The van der Waals surface area contributed by atoms with Crippen molar-refractivity contribution in [3.63, 3.8) is 0 Å². The van der Waals surface area contributed by atoms with Gasteiger partial charge in [-0.25, -0.2) is 18.3 Å². The van der Waals surface area contributed by atoms with E-state index in [2.05, 4.69) is 15.2 Å². The zero-order valence-electron chi connectivity index (χ0n) is 19.8. The Morgan fingerprint density at radius 2 is 2.08 bits per heavy atom. The monoisotopic (exact) mass is 494 g/mol. The predicted molar refractivity (Wildman–Crippen MR) is 126 cm³/mol. The number of halogens is 2. The molecule has 11 heteroatoms. The molecule has 0 saturated carbocycles. The number of rotatable bonds is 8. The van der Waals surface area contributed by atoms with Crippen molar-refractivity contribution < 1.29 is 23.1 Å². The van der Waals surface area contributed by atoms with Crippen molar-refractivity contribution >= 4 is 17.3 Å². The first kappa shape index (κ1) is 23.6. The molecule has 0 N–H and O–H groups in total. The molecular formula is C25H24F2N6O3. The maximum Gasteiger partial charge on any atom is 0.244 e. The molecule has 186 valence electrons. The highest BCUT2D eigenvalue weighted by molar-refractivity contribution is 6.06. The van der Waals surface area contributed by atoms with Crippen LogP contribution in [0.4, 0.5) is 8.78 Å². The molecule has 3 aromatic heterocycles. The summed E-state index contributed by atoms with van der Waals surface area (Å²) >= 11 is 0. The van der Waals surface area contributed by atoms with Crippen molar-refractivity contribution in [2.24, 2.45) is 0 Å². The first-order valence-electron chi connectivity index (χ1n) is 11.5. The Balaban J connectivity index is 1.58. The van der Waals surface area contributed by atoms with Gasteiger partial charge >= 0.3 is 0 Å². The van der Waals surface area contributed by atoms with Crippen molar-refractivity contribution in [3.8, 4) is 17.0 Å². The van der Waals surface area contributed by atoms with E-state index in [0.717, 1.165) is 0 Å². The highest BCUT2D eigenvalue weighted by Gasteiger charge is 2.32. The number of carbonyl (C=O) groups is 2. The van der Waals surface area contributed by atoms with E-state index >= 15 is 0 Å². The molecule has 1 aliphatic heterocycles. The molecule has 0 aliphatic carbocycles. The lowest BCUT2D eigenvalue weighted by Crippen LogP contribution is -2.52. The van der Waals surface area contributed by atoms with Crippen LogP contribution >= 0.6 is 0 Å². The Morgan fingerprint density at radius 3 is 2.81 bits per heavy atom. The fourth-order valence-corrected chi connectivity index (χ4v) is 4.45. The third kappa shape index (κ3) is 4.21. The minimum atomic E-state index is -1.02. The molecule has 5 rings (SSSR count). The van der Waals surface area contributed by atoms with Crippen molar-refractivity contribution in [3.05, 3.63) is 66.0 Å². The summed E-state index contributed by atoms with van der Waals surface area (Å²) in [5.41, 5.74) is 1.97. The summed E-state index contributed by atoms with van der Waals surface area (Å²) in [5, 5.41) is 8.78. The van der Waals surface area contributed by atoms with Gasteiger partial charge in [0.15, 0.2) is 11.4 Å². The van der Waals surface area contributed by atoms with Gasteiger partial charge in [-0.15, -0.1) is 0 Å². The molecule has 1 aliphatic rings. The van der Waals surface area contributed by atoms with Gasteiger partial charge in [0, 0.05) is 29.7 Å². The number of likely N-dealkylation sites (tertiary alicyclic amines) is 1. The first-order chi connectivity index (χ1) is 17.4. The molecule has 0 radical (unpaired) electrons. The molecule has 9 nitrogen and oxygen atoms in total. The van der Waals surface area contributed by atoms with Crippen molar-refractivity contribution in [2.75, 3.05) is 20.2 Å². The van der Waals surface area contributed by atoms with E-state index < -0.39 is 17.9 Å². The van der Waals surface area contributed by atoms with Gasteiger partial charge < -0.3 is 9.64 Å². The lowest BCUT2D eigenvalue weighted by molar-refractivity contribution is -0.139. The van der Waals surface area contributed by atoms with Gasteiger partial charge in [-0.05, 0) is 30.7 Å². The molecule has 36 heavy (non-hydrogen) atoms. The van der Waals surface area contributed by atoms with E-state index in [-0.39, 0.29) is 31.3 Å². The second-order valence-corrected chi connectivity index (χ2v) is 8.64. The third-order valence-electron chi connectivity index (χ3n) is 6.34. The normalized spacial score (nSPS) is 14.6. The van der Waals surface area contributed by atoms with Crippen LogP contribution in [0.1, 0.15) is 35.2 Å². The highest BCUT2D eigenvalue weighted by atomic mass is 19.1. The summed E-state index contributed by atoms with van der Waals surface area (Å²) < 4.78 is 35.9. The highest BCUT2D eigenvalue weighted by Crippen LogP contribution is 2.37. The van der Waals surface area contributed by atoms with Crippen LogP contribution in [-0.2, 0) is 11.3 Å². The van der Waals surface area contributed by atoms with Crippen LogP contribution in [-0.4, -0.2) is 67.3 Å². The molecule has 1 atom stereocenters. The van der Waals surface area contributed by atoms with Crippen LogP contribution in [0.25, 0.3) is 16.9 Å². The van der Waals surface area contributed by atoms with Crippen molar-refractivity contribution in [1.29, 1.82) is 0 Å². The smallest absolute Gasteiger partial charge is 0.244 e. The van der Waals surface area contributed by atoms with Crippen LogP contribution in [0.15, 0.2) is 49.1 Å². The number of methoxy groups -OCH3 is 1. The molecule has 1 aromatic carbocycles. The number of ether oxygens (including phenoxy) is 1. The lowest BCUT2D eigenvalue weighted by atomic mass is 9.88. The number of Topliss-reactive ketones (excluding diaryl/α,β-unsaturated/α-hetero) is 1. The predicted octanol–water partition coefficient (Wildman–Crippen LogP) is 3.30. The van der Waals surface area contributed by atoms with Crippen LogP contribution < -0.4 is 4.74 Å². The number of aromatic nitrogens is 5. The summed E-state index contributed by atoms with van der Waals surface area (Å²) in [6, 6.07) is 5.75. The molecule has 1 fully saturated rings. The minimum Gasteiger partial charge on any atom is -0.496 e. The Morgan fingerprint density at radius 1 is 1.28 bits per heavy atom. The van der Waals surface area contributed by atoms with E-state index in [0.29, 0.717) is 40.2 Å². The average molecular weight is 495 g/mol. The van der Waals surface area contributed by atoms with Crippen molar-refractivity contribution in [1.82, 2.24) is 29.3 Å². The summed E-state index contributed by atoms with van der Waals surface area (Å²) in [6.07, 6.45) is 5.76. The second-order valence-electron chi connectivity index (χ2n) is 8.64. The van der Waals surface area contributed by atoms with Gasteiger partial charge in [-0.3, -0.25) is 14.3 Å². The van der Waals surface area contributed by atoms with Gasteiger partial charge in [0.25, 0.3) is 0 Å². The van der Waals surface area contributed by atoms with Gasteiger partial charge in [0.2, 0.25) is 5.91 Å². The van der Waals surface area contributed by atoms with E-state index in [1.54, 1.807) is 24.7 Å². The lowest BCUT2D eigenvalue weighted by Gasteiger charge is -2.34. The maximum absolute atomic E-state index is 14.3. The topological polar surface area (TPSA) is 94.6 Å². The number of amides is 1. The quantitative estimate of drug-likeness (QED) is 0.349. The van der Waals surface area contributed by atoms with Gasteiger partial charge in [-0.1, -0.05) is 6.92 Å². The average Bonchev–Trinajstić information content (AvgIpc) is 3.47. The van der Waals surface area contributed by atoms with E-state index in [1.807, 2.05) is 6.92 Å². The molecule has 1 unspecified atom stereocenters. The largest absolute Gasteiger partial charge is 0.496 e. The zero-order chi connectivity index (χ0) is 25.4.